The number of fused-ring (bicyclic) bond motifs is 1. The van der Waals surface area contributed by atoms with Gasteiger partial charge in [0.05, 0.1) is 24.0 Å². The van der Waals surface area contributed by atoms with Crippen LogP contribution in [0.3, 0.4) is 0 Å². The molecular weight excluding hydrogens is 280 g/mol. The summed E-state index contributed by atoms with van der Waals surface area (Å²) in [5, 5.41) is 7.52. The van der Waals surface area contributed by atoms with Gasteiger partial charge in [-0.25, -0.2) is 4.68 Å². The number of halogens is 1. The van der Waals surface area contributed by atoms with Crippen molar-refractivity contribution >= 4 is 17.3 Å². The minimum Gasteiger partial charge on any atom is -0.376 e. The van der Waals surface area contributed by atoms with Crippen molar-refractivity contribution in [1.82, 2.24) is 9.78 Å². The highest BCUT2D eigenvalue weighted by molar-refractivity contribution is 6.32. The van der Waals surface area contributed by atoms with E-state index in [4.69, 9.17) is 22.1 Å². The summed E-state index contributed by atoms with van der Waals surface area (Å²) in [7, 11) is 0. The lowest BCUT2D eigenvalue weighted by atomic mass is 9.72. The van der Waals surface area contributed by atoms with E-state index in [9.17, 15) is 4.79 Å². The van der Waals surface area contributed by atoms with Gasteiger partial charge in [0, 0.05) is 25.1 Å². The van der Waals surface area contributed by atoms with Crippen molar-refractivity contribution < 1.29 is 4.74 Å². The zero-order chi connectivity index (χ0) is 14.3. The Balaban J connectivity index is 1.78. The van der Waals surface area contributed by atoms with Crippen molar-refractivity contribution in [1.29, 1.82) is 0 Å². The molecule has 0 aromatic carbocycles. The van der Waals surface area contributed by atoms with Crippen molar-refractivity contribution in [2.24, 2.45) is 11.7 Å². The quantitative estimate of drug-likeness (QED) is 0.860. The molecular formula is C13H19ClN4O2. The molecule has 2 heterocycles. The molecule has 110 valence electrons. The second-order valence-corrected chi connectivity index (χ2v) is 5.81. The van der Waals surface area contributed by atoms with Crippen LogP contribution < -0.4 is 16.6 Å². The Kier molecular flexibility index (Phi) is 3.70. The predicted octanol–water partition coefficient (Wildman–Crippen LogP) is 0.833. The zero-order valence-corrected chi connectivity index (χ0v) is 12.1. The first-order valence-electron chi connectivity index (χ1n) is 7.02. The average Bonchev–Trinajstić information content (AvgIpc) is 2.88. The van der Waals surface area contributed by atoms with Crippen LogP contribution in [0.4, 0.5) is 5.69 Å². The van der Waals surface area contributed by atoms with Gasteiger partial charge in [-0.2, -0.15) is 5.10 Å². The Hall–Kier alpha value is -1.11. The Morgan fingerprint density at radius 3 is 3.20 bits per heavy atom. The lowest BCUT2D eigenvalue weighted by Crippen LogP contribution is -2.65. The molecule has 6 nitrogen and oxygen atoms in total. The number of anilines is 1. The molecule has 0 amide bonds. The molecule has 1 aromatic rings. The number of hydrogen-bond acceptors (Lipinski definition) is 5. The van der Waals surface area contributed by atoms with E-state index in [0.717, 1.165) is 19.4 Å². The van der Waals surface area contributed by atoms with Crippen LogP contribution in [0.15, 0.2) is 11.0 Å². The van der Waals surface area contributed by atoms with E-state index in [1.807, 2.05) is 6.92 Å². The molecule has 2 fully saturated rings. The highest BCUT2D eigenvalue weighted by Crippen LogP contribution is 2.39. The SMILES string of the molecule is CCCn1ncc(NC2C(N)C3CCOC32)c(Cl)c1=O. The summed E-state index contributed by atoms with van der Waals surface area (Å²) in [6.45, 7) is 3.31. The molecule has 1 aromatic heterocycles. The van der Waals surface area contributed by atoms with E-state index in [1.165, 1.54) is 4.68 Å². The molecule has 3 rings (SSSR count). The van der Waals surface area contributed by atoms with Crippen molar-refractivity contribution in [3.63, 3.8) is 0 Å². The number of nitrogens with one attached hydrogen (secondary N) is 1. The zero-order valence-electron chi connectivity index (χ0n) is 11.4. The van der Waals surface area contributed by atoms with Gasteiger partial charge in [0.1, 0.15) is 5.02 Å². The molecule has 0 spiro atoms. The fourth-order valence-electron chi connectivity index (χ4n) is 3.04. The first-order valence-corrected chi connectivity index (χ1v) is 7.40. The van der Waals surface area contributed by atoms with Gasteiger partial charge in [0.2, 0.25) is 0 Å². The van der Waals surface area contributed by atoms with Gasteiger partial charge >= 0.3 is 0 Å². The number of nitrogens with zero attached hydrogens (tertiary/aromatic N) is 2. The molecule has 7 heteroatoms. The third kappa shape index (κ3) is 2.12. The van der Waals surface area contributed by atoms with Crippen molar-refractivity contribution in [3.05, 3.63) is 21.6 Å². The van der Waals surface area contributed by atoms with E-state index in [-0.39, 0.29) is 28.8 Å². The molecule has 1 aliphatic heterocycles. The number of aromatic nitrogens is 2. The van der Waals surface area contributed by atoms with Gasteiger partial charge < -0.3 is 15.8 Å². The molecule has 4 unspecified atom stereocenters. The van der Waals surface area contributed by atoms with Crippen LogP contribution >= 0.6 is 11.6 Å². The van der Waals surface area contributed by atoms with Crippen molar-refractivity contribution in [2.45, 2.75) is 44.5 Å². The molecule has 1 saturated carbocycles. The molecule has 0 bridgehead atoms. The summed E-state index contributed by atoms with van der Waals surface area (Å²) in [6.07, 6.45) is 3.56. The summed E-state index contributed by atoms with van der Waals surface area (Å²) in [4.78, 5) is 12.0. The largest absolute Gasteiger partial charge is 0.376 e. The van der Waals surface area contributed by atoms with Crippen LogP contribution in [0.25, 0.3) is 0 Å². The Morgan fingerprint density at radius 2 is 2.45 bits per heavy atom. The smallest absolute Gasteiger partial charge is 0.287 e. The van der Waals surface area contributed by atoms with Crippen LogP contribution in [0.5, 0.6) is 0 Å². The molecule has 4 atom stereocenters. The minimum absolute atomic E-state index is 0.00299. The summed E-state index contributed by atoms with van der Waals surface area (Å²) in [5.74, 6) is 0.416. The molecule has 1 saturated heterocycles. The second-order valence-electron chi connectivity index (χ2n) is 5.44. The highest BCUT2D eigenvalue weighted by Gasteiger charge is 2.52. The van der Waals surface area contributed by atoms with E-state index >= 15 is 0 Å². The number of aryl methyl sites for hydroxylation is 1. The van der Waals surface area contributed by atoms with E-state index in [1.54, 1.807) is 6.20 Å². The van der Waals surface area contributed by atoms with E-state index < -0.39 is 0 Å². The fraction of sp³-hybridized carbons (Fsp3) is 0.692. The maximum atomic E-state index is 12.0. The maximum Gasteiger partial charge on any atom is 0.287 e. The lowest BCUT2D eigenvalue weighted by molar-refractivity contribution is 0.00536. The summed E-state index contributed by atoms with van der Waals surface area (Å²) < 4.78 is 7.03. The maximum absolute atomic E-state index is 12.0. The van der Waals surface area contributed by atoms with E-state index in [2.05, 4.69) is 10.4 Å². The highest BCUT2D eigenvalue weighted by atomic mass is 35.5. The topological polar surface area (TPSA) is 82.2 Å². The lowest BCUT2D eigenvalue weighted by Gasteiger charge is -2.46. The number of rotatable bonds is 4. The van der Waals surface area contributed by atoms with Crippen LogP contribution in [0.2, 0.25) is 5.02 Å². The summed E-state index contributed by atoms with van der Waals surface area (Å²) >= 11 is 6.13. The standard InChI is InChI=1S/C13H19ClN4O2/c1-2-4-18-13(19)9(14)8(6-16-18)17-11-10(15)7-3-5-20-12(7)11/h6-7,10-12,17H,2-5,15H2,1H3. The number of ether oxygens (including phenoxy) is 1. The number of hydrogen-bond donors (Lipinski definition) is 2. The fourth-order valence-corrected chi connectivity index (χ4v) is 3.24. The molecule has 2 aliphatic rings. The number of nitrogens with two attached hydrogens (primary N) is 1. The molecule has 0 radical (unpaired) electrons. The average molecular weight is 299 g/mol. The van der Waals surface area contributed by atoms with Gasteiger partial charge in [0.15, 0.2) is 0 Å². The molecule has 3 N–H and O–H groups in total. The van der Waals surface area contributed by atoms with E-state index in [0.29, 0.717) is 18.2 Å². The van der Waals surface area contributed by atoms with Crippen molar-refractivity contribution in [2.75, 3.05) is 11.9 Å². The third-order valence-corrected chi connectivity index (χ3v) is 4.55. The van der Waals surface area contributed by atoms with Gasteiger partial charge in [0.25, 0.3) is 5.56 Å². The second kappa shape index (κ2) is 5.35. The normalized spacial score (nSPS) is 31.8. The summed E-state index contributed by atoms with van der Waals surface area (Å²) in [6, 6.07) is 0.0415. The first-order chi connectivity index (χ1) is 9.63. The van der Waals surface area contributed by atoms with Gasteiger partial charge in [-0.1, -0.05) is 18.5 Å². The third-order valence-electron chi connectivity index (χ3n) is 4.19. The first kappa shape index (κ1) is 13.9. The van der Waals surface area contributed by atoms with Crippen LogP contribution in [0, 0.1) is 5.92 Å². The van der Waals surface area contributed by atoms with Gasteiger partial charge in [-0.3, -0.25) is 4.79 Å². The van der Waals surface area contributed by atoms with Gasteiger partial charge in [-0.05, 0) is 12.8 Å². The Bertz CT molecular complexity index is 562. The molecule has 20 heavy (non-hydrogen) atoms. The van der Waals surface area contributed by atoms with Crippen LogP contribution in [0.1, 0.15) is 19.8 Å². The Morgan fingerprint density at radius 1 is 1.65 bits per heavy atom. The molecule has 1 aliphatic carbocycles. The van der Waals surface area contributed by atoms with Crippen molar-refractivity contribution in [3.8, 4) is 0 Å². The van der Waals surface area contributed by atoms with Crippen LogP contribution in [-0.4, -0.2) is 34.6 Å². The summed E-state index contributed by atoms with van der Waals surface area (Å²) in [5.41, 5.74) is 6.40. The van der Waals surface area contributed by atoms with Crippen LogP contribution in [-0.2, 0) is 11.3 Å². The predicted molar refractivity (Wildman–Crippen MR) is 77.0 cm³/mol. The Labute approximate surface area is 122 Å². The van der Waals surface area contributed by atoms with Gasteiger partial charge in [-0.15, -0.1) is 0 Å². The minimum atomic E-state index is -0.268. The monoisotopic (exact) mass is 298 g/mol.